The van der Waals surface area contributed by atoms with Crippen molar-refractivity contribution in [2.24, 2.45) is 0 Å². The van der Waals surface area contributed by atoms with E-state index in [0.29, 0.717) is 17.9 Å². The number of nitrogens with zero attached hydrogens (tertiary/aromatic N) is 1. The van der Waals surface area contributed by atoms with E-state index in [9.17, 15) is 13.2 Å². The van der Waals surface area contributed by atoms with Gasteiger partial charge >= 0.3 is 0 Å². The minimum Gasteiger partial charge on any atom is -0.491 e. The molecule has 0 saturated carbocycles. The Morgan fingerprint density at radius 2 is 1.53 bits per heavy atom. The first-order valence-electron chi connectivity index (χ1n) is 11.2. The second-order valence-electron chi connectivity index (χ2n) is 8.71. The number of nitrogens with one attached hydrogen (secondary N) is 1. The van der Waals surface area contributed by atoms with Crippen LogP contribution in [0.2, 0.25) is 0 Å². The average molecular weight is 481 g/mol. The first kappa shape index (κ1) is 25.3. The number of hydrogen-bond donors (Lipinski definition) is 1. The van der Waals surface area contributed by atoms with Crippen molar-refractivity contribution in [2.45, 2.75) is 40.3 Å². The SMILES string of the molecule is Cc1ccc(OCC(C)NC(=O)c2ccc(CN(c3c(C)cccc3C)S(C)(=O)=O)cc2)cc1. The number of carbonyl (C=O) groups excluding carboxylic acids is 1. The Kier molecular flexibility index (Phi) is 7.99. The fourth-order valence-electron chi connectivity index (χ4n) is 3.69. The number of ether oxygens (including phenoxy) is 1. The van der Waals surface area contributed by atoms with Crippen LogP contribution in [0.15, 0.2) is 66.7 Å². The van der Waals surface area contributed by atoms with Gasteiger partial charge in [-0.3, -0.25) is 9.10 Å². The van der Waals surface area contributed by atoms with Crippen LogP contribution in [-0.4, -0.2) is 33.2 Å². The van der Waals surface area contributed by atoms with Crippen LogP contribution in [0.25, 0.3) is 0 Å². The van der Waals surface area contributed by atoms with Crippen LogP contribution >= 0.6 is 0 Å². The first-order valence-corrected chi connectivity index (χ1v) is 13.0. The maximum atomic E-state index is 12.6. The number of hydrogen-bond acceptors (Lipinski definition) is 4. The molecule has 1 amide bonds. The molecule has 0 saturated heterocycles. The van der Waals surface area contributed by atoms with Crippen molar-refractivity contribution in [1.29, 1.82) is 0 Å². The molecule has 7 heteroatoms. The summed E-state index contributed by atoms with van der Waals surface area (Å²) in [7, 11) is -3.50. The predicted octanol–water partition coefficient (Wildman–Crippen LogP) is 4.78. The lowest BCUT2D eigenvalue weighted by Crippen LogP contribution is -2.36. The Labute approximate surface area is 202 Å². The van der Waals surface area contributed by atoms with E-state index < -0.39 is 10.0 Å². The largest absolute Gasteiger partial charge is 0.491 e. The molecule has 0 radical (unpaired) electrons. The van der Waals surface area contributed by atoms with Gasteiger partial charge in [-0.25, -0.2) is 8.42 Å². The number of carbonyl (C=O) groups is 1. The minimum absolute atomic E-state index is 0.182. The molecule has 0 aliphatic heterocycles. The molecule has 6 nitrogen and oxygen atoms in total. The lowest BCUT2D eigenvalue weighted by molar-refractivity contribution is 0.0926. The van der Waals surface area contributed by atoms with Crippen molar-refractivity contribution >= 4 is 21.6 Å². The highest BCUT2D eigenvalue weighted by Crippen LogP contribution is 2.28. The summed E-state index contributed by atoms with van der Waals surface area (Å²) in [6.07, 6.45) is 1.21. The summed E-state index contributed by atoms with van der Waals surface area (Å²) in [6.45, 7) is 8.24. The van der Waals surface area contributed by atoms with E-state index in [2.05, 4.69) is 5.32 Å². The van der Waals surface area contributed by atoms with Gasteiger partial charge in [0, 0.05) is 5.56 Å². The summed E-state index contributed by atoms with van der Waals surface area (Å²) in [5, 5.41) is 2.93. The standard InChI is InChI=1S/C27H32N2O4S/c1-19-9-15-25(16-10-19)33-18-22(4)28-27(30)24-13-11-23(12-14-24)17-29(34(5,31)32)26-20(2)7-6-8-21(26)3/h6-16,22H,17-18H2,1-5H3,(H,28,30). The van der Waals surface area contributed by atoms with E-state index in [1.54, 1.807) is 24.3 Å². The number of benzene rings is 3. The van der Waals surface area contributed by atoms with Crippen LogP contribution < -0.4 is 14.4 Å². The van der Waals surface area contributed by atoms with Gasteiger partial charge in [0.25, 0.3) is 5.91 Å². The summed E-state index contributed by atoms with van der Waals surface area (Å²) >= 11 is 0. The summed E-state index contributed by atoms with van der Waals surface area (Å²) in [5.74, 6) is 0.552. The maximum Gasteiger partial charge on any atom is 0.251 e. The van der Waals surface area contributed by atoms with Crippen LogP contribution in [0.3, 0.4) is 0 Å². The minimum atomic E-state index is -3.50. The Morgan fingerprint density at radius 3 is 2.09 bits per heavy atom. The predicted molar refractivity (Wildman–Crippen MR) is 137 cm³/mol. The smallest absolute Gasteiger partial charge is 0.251 e. The molecular formula is C27H32N2O4S. The van der Waals surface area contributed by atoms with E-state index in [1.165, 1.54) is 10.6 Å². The Hall–Kier alpha value is -3.32. The van der Waals surface area contributed by atoms with Crippen molar-refractivity contribution in [3.8, 4) is 5.75 Å². The number of amides is 1. The first-order chi connectivity index (χ1) is 16.0. The van der Waals surface area contributed by atoms with Gasteiger partial charge in [0.15, 0.2) is 0 Å². The normalized spacial score (nSPS) is 12.1. The Bertz CT molecular complexity index is 1220. The van der Waals surface area contributed by atoms with Crippen LogP contribution in [-0.2, 0) is 16.6 Å². The van der Waals surface area contributed by atoms with E-state index in [-0.39, 0.29) is 18.5 Å². The molecule has 0 heterocycles. The van der Waals surface area contributed by atoms with Crippen LogP contribution in [0, 0.1) is 20.8 Å². The molecule has 0 aliphatic rings. The zero-order valence-electron chi connectivity index (χ0n) is 20.3. The summed E-state index contributed by atoms with van der Waals surface area (Å²) < 4.78 is 32.3. The van der Waals surface area contributed by atoms with Crippen molar-refractivity contribution in [1.82, 2.24) is 5.32 Å². The monoisotopic (exact) mass is 480 g/mol. The lowest BCUT2D eigenvalue weighted by atomic mass is 10.1. The number of anilines is 1. The quantitative estimate of drug-likeness (QED) is 0.478. The molecule has 3 aromatic rings. The van der Waals surface area contributed by atoms with Crippen molar-refractivity contribution in [2.75, 3.05) is 17.2 Å². The molecule has 1 atom stereocenters. The second kappa shape index (κ2) is 10.7. The lowest BCUT2D eigenvalue weighted by Gasteiger charge is -2.26. The van der Waals surface area contributed by atoms with Gasteiger partial charge in [-0.15, -0.1) is 0 Å². The molecule has 0 aliphatic carbocycles. The highest BCUT2D eigenvalue weighted by Gasteiger charge is 2.21. The topological polar surface area (TPSA) is 75.7 Å². The van der Waals surface area contributed by atoms with Gasteiger partial charge in [0.05, 0.1) is 24.5 Å². The molecule has 0 fully saturated rings. The molecule has 3 aromatic carbocycles. The van der Waals surface area contributed by atoms with Gasteiger partial charge in [-0.1, -0.05) is 48.0 Å². The van der Waals surface area contributed by atoms with Crippen molar-refractivity contribution in [3.05, 3.63) is 94.5 Å². The van der Waals surface area contributed by atoms with Crippen LogP contribution in [0.1, 0.15) is 39.5 Å². The van der Waals surface area contributed by atoms with E-state index >= 15 is 0 Å². The molecule has 0 aromatic heterocycles. The van der Waals surface area contributed by atoms with Gasteiger partial charge in [0.2, 0.25) is 10.0 Å². The zero-order chi connectivity index (χ0) is 24.9. The van der Waals surface area contributed by atoms with Gasteiger partial charge in [-0.2, -0.15) is 0 Å². The number of aryl methyl sites for hydroxylation is 3. The number of rotatable bonds is 9. The molecule has 1 unspecified atom stereocenters. The summed E-state index contributed by atoms with van der Waals surface area (Å²) in [4.78, 5) is 12.6. The Morgan fingerprint density at radius 1 is 0.941 bits per heavy atom. The molecule has 1 N–H and O–H groups in total. The van der Waals surface area contributed by atoms with Crippen molar-refractivity contribution < 1.29 is 17.9 Å². The third-order valence-corrected chi connectivity index (χ3v) is 6.64. The van der Waals surface area contributed by atoms with E-state index in [1.807, 2.05) is 70.2 Å². The summed E-state index contributed by atoms with van der Waals surface area (Å²) in [5.41, 5.74) is 4.93. The van der Waals surface area contributed by atoms with Crippen LogP contribution in [0.5, 0.6) is 5.75 Å². The van der Waals surface area contributed by atoms with E-state index in [0.717, 1.165) is 28.0 Å². The number of para-hydroxylation sites is 1. The molecule has 34 heavy (non-hydrogen) atoms. The molecule has 0 spiro atoms. The van der Waals surface area contributed by atoms with Gasteiger partial charge in [0.1, 0.15) is 12.4 Å². The highest BCUT2D eigenvalue weighted by molar-refractivity contribution is 7.92. The number of sulfonamides is 1. The average Bonchev–Trinajstić information content (AvgIpc) is 2.77. The molecule has 0 bridgehead atoms. The molecular weight excluding hydrogens is 448 g/mol. The van der Waals surface area contributed by atoms with Crippen molar-refractivity contribution in [3.63, 3.8) is 0 Å². The summed E-state index contributed by atoms with van der Waals surface area (Å²) in [6, 6.07) is 20.3. The molecule has 3 rings (SSSR count). The second-order valence-corrected chi connectivity index (χ2v) is 10.6. The highest BCUT2D eigenvalue weighted by atomic mass is 32.2. The Balaban J connectivity index is 1.65. The fraction of sp³-hybridized carbons (Fsp3) is 0.296. The van der Waals surface area contributed by atoms with E-state index in [4.69, 9.17) is 4.74 Å². The van der Waals surface area contributed by atoms with Crippen LogP contribution in [0.4, 0.5) is 5.69 Å². The van der Waals surface area contributed by atoms with Gasteiger partial charge < -0.3 is 10.1 Å². The third kappa shape index (κ3) is 6.60. The fourth-order valence-corrected chi connectivity index (χ4v) is 4.70. The van der Waals surface area contributed by atoms with Gasteiger partial charge in [-0.05, 0) is 68.7 Å². The zero-order valence-corrected chi connectivity index (χ0v) is 21.1. The molecule has 180 valence electrons. The third-order valence-electron chi connectivity index (χ3n) is 5.53. The maximum absolute atomic E-state index is 12.6.